The molecule has 2 aromatic heterocycles. The van der Waals surface area contributed by atoms with Crippen molar-refractivity contribution in [2.75, 3.05) is 9.56 Å². The highest BCUT2D eigenvalue weighted by atomic mass is 31.1. The van der Waals surface area contributed by atoms with Crippen molar-refractivity contribution in [1.82, 2.24) is 0 Å². The molecule has 0 amide bonds. The van der Waals surface area contributed by atoms with E-state index in [2.05, 4.69) is 197 Å². The maximum Gasteiger partial charge on any atom is 0.326 e. The van der Waals surface area contributed by atoms with Crippen molar-refractivity contribution in [3.63, 3.8) is 0 Å². The van der Waals surface area contributed by atoms with Crippen LogP contribution in [0.5, 0.6) is 0 Å². The van der Waals surface area contributed by atoms with Gasteiger partial charge < -0.3 is 16.8 Å². The molecule has 0 spiro atoms. The minimum atomic E-state index is -1.85. The van der Waals surface area contributed by atoms with Gasteiger partial charge in [-0.15, -0.1) is 9.56 Å². The Morgan fingerprint density at radius 2 is 0.554 bits per heavy atom. The summed E-state index contributed by atoms with van der Waals surface area (Å²) in [5, 5.41) is 13.2. The van der Waals surface area contributed by atoms with Crippen LogP contribution in [-0.2, 0) is 0 Å². The van der Waals surface area contributed by atoms with E-state index < -0.39 is 27.4 Å². The lowest BCUT2D eigenvalue weighted by Crippen LogP contribution is -2.58. The number of hydrogen-bond donors (Lipinski definition) is 0. The minimum absolute atomic E-state index is 0.517. The van der Waals surface area contributed by atoms with E-state index in [4.69, 9.17) is 16.8 Å². The van der Waals surface area contributed by atoms with E-state index in [1.807, 2.05) is 0 Å². The van der Waals surface area contributed by atoms with Crippen molar-refractivity contribution in [1.29, 1.82) is 0 Å². The molecule has 8 aromatic carbocycles. The van der Waals surface area contributed by atoms with Gasteiger partial charge in [-0.2, -0.15) is 0 Å². The predicted octanol–water partition coefficient (Wildman–Crippen LogP) is 15.6. The van der Waals surface area contributed by atoms with Gasteiger partial charge >= 0.3 is 16.3 Å². The summed E-state index contributed by atoms with van der Waals surface area (Å²) < 4.78 is 33.6. The number of hydrazine groups is 1. The van der Waals surface area contributed by atoms with Crippen molar-refractivity contribution in [3.8, 4) is 0 Å². The molecular weight excluding hydrogens is 730 g/mol. The maximum atomic E-state index is 7.26. The van der Waals surface area contributed by atoms with E-state index in [0.717, 1.165) is 87.0 Å². The van der Waals surface area contributed by atoms with Crippen molar-refractivity contribution in [3.05, 3.63) is 146 Å². The second-order valence-corrected chi connectivity index (χ2v) is 18.8. The average Bonchev–Trinajstić information content (AvgIpc) is 3.47. The van der Waals surface area contributed by atoms with Crippen LogP contribution in [0.25, 0.3) is 87.0 Å². The van der Waals surface area contributed by atoms with Crippen LogP contribution < -0.4 is 9.56 Å². The van der Waals surface area contributed by atoms with E-state index >= 15 is 0 Å². The third-order valence-electron chi connectivity index (χ3n) is 10.5. The van der Waals surface area contributed by atoms with Crippen LogP contribution in [0, 0.1) is 0 Å². The van der Waals surface area contributed by atoms with Crippen molar-refractivity contribution < 1.29 is 16.8 Å². The third-order valence-corrected chi connectivity index (χ3v) is 14.2. The Bertz CT molecular complexity index is 2850. The number of hydrogen-bond acceptors (Lipinski definition) is 6. The molecular formula is C48H42N2O4P2. The zero-order valence-corrected chi connectivity index (χ0v) is 34.1. The fourth-order valence-electron chi connectivity index (χ4n) is 8.07. The Morgan fingerprint density at radius 3 is 0.786 bits per heavy atom. The molecule has 8 heteroatoms. The standard InChI is InChI=1S/C48H42N2O4P2/c1-47(2,3)49(55-51-39-27-23-31-15-7-11-19-35(31)43(39)44-36-20-12-8-16-32(36)24-28-40(44)52-55)50(48(4,5)6)56-53-41-29-25-33-17-9-13-21-37(33)45(41)46-38-22-14-10-18-34(38)26-30-42(46)54-56/h7-30H,1-6H3. The van der Waals surface area contributed by atoms with Crippen LogP contribution in [-0.4, -0.2) is 11.1 Å². The summed E-state index contributed by atoms with van der Waals surface area (Å²) in [4.78, 5) is 0. The second kappa shape index (κ2) is 13.0. The fraction of sp³-hybridized carbons (Fsp3) is 0.167. The summed E-state index contributed by atoms with van der Waals surface area (Å²) in [5.41, 5.74) is 2.07. The molecule has 0 bridgehead atoms. The van der Waals surface area contributed by atoms with Gasteiger partial charge in [-0.25, -0.2) is 0 Å². The Hall–Kier alpha value is -5.48. The number of nitrogens with zero attached hydrogens (tertiary/aromatic N) is 2. The van der Waals surface area contributed by atoms with Crippen LogP contribution in [0.15, 0.2) is 162 Å². The van der Waals surface area contributed by atoms with E-state index in [-0.39, 0.29) is 0 Å². The van der Waals surface area contributed by atoms with E-state index in [1.165, 1.54) is 0 Å². The Labute approximate surface area is 326 Å². The first-order valence-electron chi connectivity index (χ1n) is 19.0. The lowest BCUT2D eigenvalue weighted by Gasteiger charge is -2.44. The molecule has 0 aliphatic rings. The van der Waals surface area contributed by atoms with Gasteiger partial charge in [-0.3, -0.25) is 0 Å². The van der Waals surface area contributed by atoms with Gasteiger partial charge in [0, 0.05) is 32.6 Å². The van der Waals surface area contributed by atoms with E-state index in [9.17, 15) is 0 Å². The fourth-order valence-corrected chi connectivity index (χ4v) is 11.9. The number of benzene rings is 8. The summed E-state index contributed by atoms with van der Waals surface area (Å²) in [6.07, 6.45) is 0. The highest BCUT2D eigenvalue weighted by molar-refractivity contribution is 7.44. The van der Waals surface area contributed by atoms with Crippen LogP contribution in [0.4, 0.5) is 0 Å². The van der Waals surface area contributed by atoms with Crippen molar-refractivity contribution in [2.45, 2.75) is 52.6 Å². The summed E-state index contributed by atoms with van der Waals surface area (Å²) in [6.45, 7) is 13.2. The highest BCUT2D eigenvalue weighted by Crippen LogP contribution is 2.51. The van der Waals surface area contributed by atoms with Crippen LogP contribution in [0.1, 0.15) is 41.5 Å². The van der Waals surface area contributed by atoms with Gasteiger partial charge in [0.05, 0.1) is 0 Å². The third kappa shape index (κ3) is 5.71. The molecule has 0 unspecified atom stereocenters. The molecule has 0 aliphatic carbocycles. The first-order valence-corrected chi connectivity index (χ1v) is 21.3. The molecule has 0 atom stereocenters. The van der Waals surface area contributed by atoms with Gasteiger partial charge in [0.2, 0.25) is 0 Å². The molecule has 0 saturated carbocycles. The summed E-state index contributed by atoms with van der Waals surface area (Å²) in [7, 11) is -3.69. The maximum absolute atomic E-state index is 7.26. The monoisotopic (exact) mass is 772 g/mol. The zero-order chi connectivity index (χ0) is 38.3. The molecule has 56 heavy (non-hydrogen) atoms. The van der Waals surface area contributed by atoms with Gasteiger partial charge in [-0.1, -0.05) is 121 Å². The van der Waals surface area contributed by atoms with Crippen molar-refractivity contribution in [2.24, 2.45) is 0 Å². The molecule has 2 heterocycles. The summed E-state index contributed by atoms with van der Waals surface area (Å²) >= 11 is 0. The van der Waals surface area contributed by atoms with E-state index in [0.29, 0.717) is 0 Å². The van der Waals surface area contributed by atoms with Crippen LogP contribution in [0.2, 0.25) is 0 Å². The van der Waals surface area contributed by atoms with Crippen molar-refractivity contribution >= 4 is 103 Å². The highest BCUT2D eigenvalue weighted by Gasteiger charge is 2.43. The molecule has 10 rings (SSSR count). The topological polar surface area (TPSA) is 59.0 Å². The first kappa shape index (κ1) is 35.0. The Balaban J connectivity index is 1.34. The smallest absolute Gasteiger partial charge is 0.326 e. The quantitative estimate of drug-likeness (QED) is 0.167. The van der Waals surface area contributed by atoms with Gasteiger partial charge in [0.25, 0.3) is 0 Å². The molecule has 10 aromatic rings. The molecule has 0 saturated heterocycles. The molecule has 0 fully saturated rings. The normalized spacial score (nSPS) is 12.8. The lowest BCUT2D eigenvalue weighted by atomic mass is 9.99. The van der Waals surface area contributed by atoms with Crippen LogP contribution >= 0.6 is 16.3 Å². The number of rotatable bonds is 3. The first-order chi connectivity index (χ1) is 27.0. The van der Waals surface area contributed by atoms with Gasteiger partial charge in [0.15, 0.2) is 0 Å². The number of fused-ring (bicyclic) bond motifs is 14. The minimum Gasteiger partial charge on any atom is -0.407 e. The Kier molecular flexibility index (Phi) is 8.15. The van der Waals surface area contributed by atoms with E-state index in [1.54, 1.807) is 0 Å². The molecule has 0 aliphatic heterocycles. The molecule has 0 N–H and O–H groups in total. The second-order valence-electron chi connectivity index (χ2n) is 16.4. The summed E-state index contributed by atoms with van der Waals surface area (Å²) in [5.74, 6) is 0. The largest absolute Gasteiger partial charge is 0.407 e. The molecule has 6 nitrogen and oxygen atoms in total. The molecule has 0 radical (unpaired) electrons. The zero-order valence-electron chi connectivity index (χ0n) is 32.3. The SMILES string of the molecule is CC(C)(C)N(N(p1oc2ccc3ccccc3c2c2c(ccc3ccccc32)o1)C(C)(C)C)p1oc2ccc3ccccc3c2c2c(ccc3ccccc32)o1. The van der Waals surface area contributed by atoms with Crippen LogP contribution in [0.3, 0.4) is 0 Å². The average molecular weight is 773 g/mol. The van der Waals surface area contributed by atoms with Gasteiger partial charge in [0.1, 0.15) is 22.3 Å². The Morgan fingerprint density at radius 1 is 0.321 bits per heavy atom. The van der Waals surface area contributed by atoms with Gasteiger partial charge in [-0.05, 0) is 109 Å². The summed E-state index contributed by atoms with van der Waals surface area (Å²) in [6, 6.07) is 51.0. The molecule has 278 valence electrons. The lowest BCUT2D eigenvalue weighted by molar-refractivity contribution is 0.415. The predicted molar refractivity (Wildman–Crippen MR) is 239 cm³/mol.